The fourth-order valence-electron chi connectivity index (χ4n) is 1.66. The van der Waals surface area contributed by atoms with Crippen molar-refractivity contribution in [2.45, 2.75) is 24.8 Å². The van der Waals surface area contributed by atoms with Crippen LogP contribution in [-0.4, -0.2) is 39.4 Å². The Morgan fingerprint density at radius 2 is 1.95 bits per heavy atom. The number of halogens is 1. The number of aryl methyl sites for hydroxylation is 1. The van der Waals surface area contributed by atoms with E-state index in [4.69, 9.17) is 17.3 Å². The molecule has 6 nitrogen and oxygen atoms in total. The molecule has 0 aliphatic rings. The SMILES string of the molecule is Cc1cc(S(=O)(=O)NC(C)C(=O)N(C)C)cc(N)c1Cl. The lowest BCUT2D eigenvalue weighted by Crippen LogP contribution is -2.44. The lowest BCUT2D eigenvalue weighted by molar-refractivity contribution is -0.130. The van der Waals surface area contributed by atoms with Crippen molar-refractivity contribution >= 4 is 33.2 Å². The maximum Gasteiger partial charge on any atom is 0.241 e. The fourth-order valence-corrected chi connectivity index (χ4v) is 3.08. The molecule has 1 aromatic carbocycles. The number of rotatable bonds is 4. The molecular formula is C12H18ClN3O3S. The molecule has 0 saturated carbocycles. The van der Waals surface area contributed by atoms with E-state index < -0.39 is 16.1 Å². The Morgan fingerprint density at radius 3 is 2.40 bits per heavy atom. The van der Waals surface area contributed by atoms with Gasteiger partial charge in [-0.2, -0.15) is 4.72 Å². The average Bonchev–Trinajstić information content (AvgIpc) is 2.33. The number of nitrogens with zero attached hydrogens (tertiary/aromatic N) is 1. The summed E-state index contributed by atoms with van der Waals surface area (Å²) in [5, 5.41) is 0.321. The van der Waals surface area contributed by atoms with Crippen LogP contribution in [0.1, 0.15) is 12.5 Å². The zero-order valence-corrected chi connectivity index (χ0v) is 13.3. The van der Waals surface area contributed by atoms with Crippen LogP contribution in [0.5, 0.6) is 0 Å². The van der Waals surface area contributed by atoms with Crippen LogP contribution >= 0.6 is 11.6 Å². The summed E-state index contributed by atoms with van der Waals surface area (Å²) in [4.78, 5) is 13.0. The Bertz CT molecular complexity index is 606. The second kappa shape index (κ2) is 5.99. The molecule has 0 aromatic heterocycles. The number of anilines is 1. The number of hydrogen-bond acceptors (Lipinski definition) is 4. The van der Waals surface area contributed by atoms with Crippen LogP contribution in [0.4, 0.5) is 5.69 Å². The molecule has 0 spiro atoms. The Labute approximate surface area is 123 Å². The van der Waals surface area contributed by atoms with E-state index in [0.717, 1.165) is 0 Å². The number of hydrogen-bond donors (Lipinski definition) is 2. The van der Waals surface area contributed by atoms with Gasteiger partial charge >= 0.3 is 0 Å². The van der Waals surface area contributed by atoms with E-state index in [2.05, 4.69) is 4.72 Å². The molecule has 20 heavy (non-hydrogen) atoms. The van der Waals surface area contributed by atoms with E-state index in [0.29, 0.717) is 10.6 Å². The standard InChI is InChI=1S/C12H18ClN3O3S/c1-7-5-9(6-10(14)11(7)13)20(18,19)15-8(2)12(17)16(3)4/h5-6,8,15H,14H2,1-4H3. The third-order valence-corrected chi connectivity index (χ3v) is 4.75. The maximum absolute atomic E-state index is 12.2. The molecule has 0 heterocycles. The van der Waals surface area contributed by atoms with Gasteiger partial charge in [-0.1, -0.05) is 11.6 Å². The summed E-state index contributed by atoms with van der Waals surface area (Å²) >= 11 is 5.90. The third kappa shape index (κ3) is 3.62. The van der Waals surface area contributed by atoms with Gasteiger partial charge in [0.1, 0.15) is 0 Å². The summed E-state index contributed by atoms with van der Waals surface area (Å²) in [5.74, 6) is -0.341. The summed E-state index contributed by atoms with van der Waals surface area (Å²) in [5.41, 5.74) is 6.39. The van der Waals surface area contributed by atoms with Crippen LogP contribution < -0.4 is 10.5 Å². The second-order valence-corrected chi connectivity index (χ2v) is 6.81. The van der Waals surface area contributed by atoms with Gasteiger partial charge in [0.05, 0.1) is 21.6 Å². The molecule has 0 saturated heterocycles. The number of benzene rings is 1. The van der Waals surface area contributed by atoms with E-state index in [-0.39, 0.29) is 16.5 Å². The molecule has 0 radical (unpaired) electrons. The number of carbonyl (C=O) groups excluding carboxylic acids is 1. The monoisotopic (exact) mass is 319 g/mol. The van der Waals surface area contributed by atoms with Crippen molar-refractivity contribution in [3.05, 3.63) is 22.7 Å². The fraction of sp³-hybridized carbons (Fsp3) is 0.417. The van der Waals surface area contributed by atoms with Crippen LogP contribution in [0.15, 0.2) is 17.0 Å². The van der Waals surface area contributed by atoms with Crippen molar-refractivity contribution in [2.75, 3.05) is 19.8 Å². The molecule has 0 aliphatic carbocycles. The molecule has 0 fully saturated rings. The first-order valence-electron chi connectivity index (χ1n) is 5.85. The van der Waals surface area contributed by atoms with Gasteiger partial charge < -0.3 is 10.6 Å². The van der Waals surface area contributed by atoms with Gasteiger partial charge in [0, 0.05) is 14.1 Å². The molecule has 0 bridgehead atoms. The predicted molar refractivity (Wildman–Crippen MR) is 79.1 cm³/mol. The minimum atomic E-state index is -3.84. The lowest BCUT2D eigenvalue weighted by atomic mass is 10.2. The Hall–Kier alpha value is -1.31. The van der Waals surface area contributed by atoms with Gasteiger partial charge in [0.25, 0.3) is 0 Å². The molecular weight excluding hydrogens is 302 g/mol. The predicted octanol–water partition coefficient (Wildman–Crippen LogP) is 0.986. The minimum absolute atomic E-state index is 0.0182. The van der Waals surface area contributed by atoms with Crippen LogP contribution in [0.3, 0.4) is 0 Å². The molecule has 112 valence electrons. The van der Waals surface area contributed by atoms with Gasteiger partial charge in [-0.25, -0.2) is 8.42 Å². The number of nitrogens with two attached hydrogens (primary N) is 1. The maximum atomic E-state index is 12.2. The zero-order chi connectivity index (χ0) is 15.7. The molecule has 1 rings (SSSR count). The summed E-state index contributed by atoms with van der Waals surface area (Å²) in [6.07, 6.45) is 0. The lowest BCUT2D eigenvalue weighted by Gasteiger charge is -2.18. The first-order valence-corrected chi connectivity index (χ1v) is 7.71. The number of nitrogens with one attached hydrogen (secondary N) is 1. The minimum Gasteiger partial charge on any atom is -0.397 e. The van der Waals surface area contributed by atoms with Gasteiger partial charge in [0.2, 0.25) is 15.9 Å². The molecule has 1 aromatic rings. The van der Waals surface area contributed by atoms with Gasteiger partial charge in [-0.05, 0) is 31.5 Å². The Kier molecular flexibility index (Phi) is 5.01. The van der Waals surface area contributed by atoms with E-state index in [1.54, 1.807) is 21.0 Å². The van der Waals surface area contributed by atoms with Gasteiger partial charge in [0.15, 0.2) is 0 Å². The van der Waals surface area contributed by atoms with E-state index in [1.807, 2.05) is 0 Å². The number of likely N-dealkylation sites (N-methyl/N-ethyl adjacent to an activating group) is 1. The van der Waals surface area contributed by atoms with Gasteiger partial charge in [-0.3, -0.25) is 4.79 Å². The highest BCUT2D eigenvalue weighted by Gasteiger charge is 2.24. The third-order valence-electron chi connectivity index (χ3n) is 2.71. The Balaban J connectivity index is 3.09. The topological polar surface area (TPSA) is 92.5 Å². The smallest absolute Gasteiger partial charge is 0.241 e. The Morgan fingerprint density at radius 1 is 1.40 bits per heavy atom. The number of sulfonamides is 1. The van der Waals surface area contributed by atoms with Crippen molar-refractivity contribution in [1.29, 1.82) is 0 Å². The van der Waals surface area contributed by atoms with Crippen LogP contribution in [-0.2, 0) is 14.8 Å². The van der Waals surface area contributed by atoms with Crippen molar-refractivity contribution in [3.8, 4) is 0 Å². The van der Waals surface area contributed by atoms with Crippen LogP contribution in [0.2, 0.25) is 5.02 Å². The van der Waals surface area contributed by atoms with E-state index >= 15 is 0 Å². The average molecular weight is 320 g/mol. The van der Waals surface area contributed by atoms with Crippen molar-refractivity contribution < 1.29 is 13.2 Å². The normalized spacial score (nSPS) is 13.1. The van der Waals surface area contributed by atoms with E-state index in [9.17, 15) is 13.2 Å². The second-order valence-electron chi connectivity index (χ2n) is 4.72. The van der Waals surface area contributed by atoms with Crippen LogP contribution in [0, 0.1) is 6.92 Å². The molecule has 0 aliphatic heterocycles. The molecule has 1 unspecified atom stereocenters. The molecule has 3 N–H and O–H groups in total. The van der Waals surface area contributed by atoms with Gasteiger partial charge in [-0.15, -0.1) is 0 Å². The molecule has 1 atom stereocenters. The van der Waals surface area contributed by atoms with Crippen LogP contribution in [0.25, 0.3) is 0 Å². The van der Waals surface area contributed by atoms with Crippen molar-refractivity contribution in [3.63, 3.8) is 0 Å². The molecule has 1 amide bonds. The molecule has 8 heteroatoms. The summed E-state index contributed by atoms with van der Waals surface area (Å²) < 4.78 is 26.7. The summed E-state index contributed by atoms with van der Waals surface area (Å²) in [6.45, 7) is 3.14. The summed E-state index contributed by atoms with van der Waals surface area (Å²) in [6, 6.07) is 1.81. The van der Waals surface area contributed by atoms with E-state index in [1.165, 1.54) is 24.0 Å². The van der Waals surface area contributed by atoms with Crippen molar-refractivity contribution in [2.24, 2.45) is 0 Å². The quantitative estimate of drug-likeness (QED) is 0.809. The number of nitrogen functional groups attached to an aromatic ring is 1. The first-order chi connectivity index (χ1) is 9.06. The highest BCUT2D eigenvalue weighted by atomic mass is 35.5. The highest BCUT2D eigenvalue weighted by molar-refractivity contribution is 7.89. The highest BCUT2D eigenvalue weighted by Crippen LogP contribution is 2.26. The number of amides is 1. The largest absolute Gasteiger partial charge is 0.397 e. The first kappa shape index (κ1) is 16.7. The van der Waals surface area contributed by atoms with Crippen molar-refractivity contribution in [1.82, 2.24) is 9.62 Å². The zero-order valence-electron chi connectivity index (χ0n) is 11.8. The summed E-state index contributed by atoms with van der Waals surface area (Å²) in [7, 11) is -0.730. The number of carbonyl (C=O) groups is 1.